The molecule has 0 heterocycles. The minimum Gasteiger partial charge on any atom is -0.501 e. The molecule has 0 aliphatic carbocycles. The molecule has 64 valence electrons. The maximum absolute atomic E-state index is 5.07. The fraction of sp³-hybridized carbons (Fsp3) is 0.273. The van der Waals surface area contributed by atoms with Crippen molar-refractivity contribution in [2.45, 2.75) is 12.8 Å². The molecule has 1 aromatic rings. The zero-order chi connectivity index (χ0) is 8.97. The van der Waals surface area contributed by atoms with E-state index < -0.39 is 0 Å². The van der Waals surface area contributed by atoms with Gasteiger partial charge >= 0.3 is 0 Å². The average Bonchev–Trinajstić information content (AvgIpc) is 2.17. The summed E-state index contributed by atoms with van der Waals surface area (Å²) in [4.78, 5) is 0. The lowest BCUT2D eigenvalue weighted by Gasteiger charge is -2.13. The highest BCUT2D eigenvalue weighted by Crippen LogP contribution is 2.21. The Kier molecular flexibility index (Phi) is 2.92. The molecule has 0 saturated carbocycles. The first-order valence-corrected chi connectivity index (χ1v) is 4.03. The molecular formula is C11H14O. The maximum Gasteiger partial charge on any atom is 0.0955 e. The summed E-state index contributed by atoms with van der Waals surface area (Å²) in [5.74, 6) is 1.08. The topological polar surface area (TPSA) is 9.23 Å². The van der Waals surface area contributed by atoms with E-state index in [0.717, 1.165) is 5.76 Å². The van der Waals surface area contributed by atoms with Gasteiger partial charge in [-0.1, -0.05) is 43.8 Å². The van der Waals surface area contributed by atoms with Gasteiger partial charge in [0.05, 0.1) is 12.9 Å². The van der Waals surface area contributed by atoms with Crippen LogP contribution in [0.25, 0.3) is 0 Å². The molecule has 1 aromatic carbocycles. The molecule has 1 atom stereocenters. The quantitative estimate of drug-likeness (QED) is 0.621. The summed E-state index contributed by atoms with van der Waals surface area (Å²) in [6, 6.07) is 10.2. The van der Waals surface area contributed by atoms with Crippen molar-refractivity contribution >= 4 is 0 Å². The van der Waals surface area contributed by atoms with Crippen LogP contribution in [0.2, 0.25) is 0 Å². The lowest BCUT2D eigenvalue weighted by Crippen LogP contribution is -1.97. The van der Waals surface area contributed by atoms with Crippen LogP contribution in [0.3, 0.4) is 0 Å². The fourth-order valence-corrected chi connectivity index (χ4v) is 1.10. The minimum atomic E-state index is 0.274. The highest BCUT2D eigenvalue weighted by molar-refractivity contribution is 5.24. The molecule has 1 unspecified atom stereocenters. The van der Waals surface area contributed by atoms with Gasteiger partial charge in [-0.05, 0) is 5.56 Å². The number of allylic oxidation sites excluding steroid dienone is 1. The number of hydrogen-bond donors (Lipinski definition) is 0. The van der Waals surface area contributed by atoms with Crippen LogP contribution in [0.1, 0.15) is 18.4 Å². The highest BCUT2D eigenvalue weighted by atomic mass is 16.5. The standard InChI is InChI=1S/C11H14O/c1-9(10(2)12-3)11-7-5-4-6-8-11/h4-9H,2H2,1,3H3. The number of rotatable bonds is 3. The number of ether oxygens (including phenoxy) is 1. The van der Waals surface area contributed by atoms with Crippen LogP contribution in [-0.2, 0) is 4.74 Å². The lowest BCUT2D eigenvalue weighted by molar-refractivity contribution is 0.270. The Morgan fingerprint density at radius 3 is 2.42 bits per heavy atom. The number of methoxy groups -OCH3 is 1. The van der Waals surface area contributed by atoms with Crippen LogP contribution in [0.15, 0.2) is 42.7 Å². The predicted octanol–water partition coefficient (Wildman–Crippen LogP) is 2.95. The van der Waals surface area contributed by atoms with Gasteiger partial charge in [0, 0.05) is 5.92 Å². The lowest BCUT2D eigenvalue weighted by atomic mass is 10.0. The van der Waals surface area contributed by atoms with Crippen LogP contribution < -0.4 is 0 Å². The van der Waals surface area contributed by atoms with Gasteiger partial charge in [-0.25, -0.2) is 0 Å². The van der Waals surface area contributed by atoms with Crippen LogP contribution in [0, 0.1) is 0 Å². The predicted molar refractivity (Wildman–Crippen MR) is 51.0 cm³/mol. The van der Waals surface area contributed by atoms with Crippen molar-refractivity contribution in [3.8, 4) is 0 Å². The van der Waals surface area contributed by atoms with Gasteiger partial charge in [-0.15, -0.1) is 0 Å². The third kappa shape index (κ3) is 1.88. The Bertz CT molecular complexity index is 251. The minimum absolute atomic E-state index is 0.274. The van der Waals surface area contributed by atoms with Crippen molar-refractivity contribution in [2.75, 3.05) is 7.11 Å². The van der Waals surface area contributed by atoms with Crippen LogP contribution >= 0.6 is 0 Å². The van der Waals surface area contributed by atoms with E-state index in [2.05, 4.69) is 25.6 Å². The summed E-state index contributed by atoms with van der Waals surface area (Å²) in [7, 11) is 1.65. The summed E-state index contributed by atoms with van der Waals surface area (Å²) in [6.45, 7) is 5.91. The van der Waals surface area contributed by atoms with Gasteiger partial charge in [0.15, 0.2) is 0 Å². The van der Waals surface area contributed by atoms with E-state index in [4.69, 9.17) is 4.74 Å². The van der Waals surface area contributed by atoms with Gasteiger partial charge in [0.25, 0.3) is 0 Å². The Hall–Kier alpha value is -1.24. The fourth-order valence-electron chi connectivity index (χ4n) is 1.10. The molecule has 0 radical (unpaired) electrons. The van der Waals surface area contributed by atoms with Crippen LogP contribution in [0.4, 0.5) is 0 Å². The Balaban J connectivity index is 2.78. The molecule has 1 nitrogen and oxygen atoms in total. The molecule has 0 bridgehead atoms. The molecule has 0 saturated heterocycles. The van der Waals surface area contributed by atoms with Gasteiger partial charge in [-0.3, -0.25) is 0 Å². The second kappa shape index (κ2) is 3.96. The molecule has 0 aliphatic rings. The molecular weight excluding hydrogens is 148 g/mol. The van der Waals surface area contributed by atoms with E-state index in [9.17, 15) is 0 Å². The zero-order valence-corrected chi connectivity index (χ0v) is 7.58. The Morgan fingerprint density at radius 1 is 1.33 bits per heavy atom. The smallest absolute Gasteiger partial charge is 0.0955 e. The molecule has 1 heteroatoms. The summed E-state index contributed by atoms with van der Waals surface area (Å²) in [5.41, 5.74) is 1.24. The second-order valence-electron chi connectivity index (χ2n) is 2.80. The van der Waals surface area contributed by atoms with Crippen molar-refractivity contribution in [3.63, 3.8) is 0 Å². The molecule has 0 N–H and O–H groups in total. The van der Waals surface area contributed by atoms with E-state index in [1.165, 1.54) is 5.56 Å². The summed E-state index contributed by atoms with van der Waals surface area (Å²) in [6.07, 6.45) is 0. The van der Waals surface area contributed by atoms with E-state index in [-0.39, 0.29) is 5.92 Å². The van der Waals surface area contributed by atoms with Gasteiger partial charge < -0.3 is 4.74 Å². The van der Waals surface area contributed by atoms with Crippen LogP contribution in [0.5, 0.6) is 0 Å². The summed E-state index contributed by atoms with van der Waals surface area (Å²) >= 11 is 0. The molecule has 0 aromatic heterocycles. The Labute approximate surface area is 73.7 Å². The van der Waals surface area contributed by atoms with E-state index in [1.807, 2.05) is 18.2 Å². The van der Waals surface area contributed by atoms with Gasteiger partial charge in [-0.2, -0.15) is 0 Å². The first-order chi connectivity index (χ1) is 5.75. The third-order valence-electron chi connectivity index (χ3n) is 2.04. The number of benzene rings is 1. The highest BCUT2D eigenvalue weighted by Gasteiger charge is 2.07. The average molecular weight is 162 g/mol. The molecule has 0 amide bonds. The van der Waals surface area contributed by atoms with Crippen molar-refractivity contribution in [1.82, 2.24) is 0 Å². The van der Waals surface area contributed by atoms with E-state index in [0.29, 0.717) is 0 Å². The number of hydrogen-bond acceptors (Lipinski definition) is 1. The second-order valence-corrected chi connectivity index (χ2v) is 2.80. The molecule has 0 spiro atoms. The zero-order valence-electron chi connectivity index (χ0n) is 7.58. The monoisotopic (exact) mass is 162 g/mol. The van der Waals surface area contributed by atoms with Crippen molar-refractivity contribution < 1.29 is 4.74 Å². The molecule has 1 rings (SSSR count). The third-order valence-corrected chi connectivity index (χ3v) is 2.04. The van der Waals surface area contributed by atoms with Crippen molar-refractivity contribution in [1.29, 1.82) is 0 Å². The van der Waals surface area contributed by atoms with E-state index in [1.54, 1.807) is 7.11 Å². The van der Waals surface area contributed by atoms with Crippen molar-refractivity contribution in [3.05, 3.63) is 48.2 Å². The first-order valence-electron chi connectivity index (χ1n) is 4.03. The van der Waals surface area contributed by atoms with E-state index >= 15 is 0 Å². The molecule has 12 heavy (non-hydrogen) atoms. The first kappa shape index (κ1) is 8.85. The summed E-state index contributed by atoms with van der Waals surface area (Å²) < 4.78 is 5.07. The van der Waals surface area contributed by atoms with Crippen LogP contribution in [-0.4, -0.2) is 7.11 Å². The van der Waals surface area contributed by atoms with Gasteiger partial charge in [0.1, 0.15) is 0 Å². The Morgan fingerprint density at radius 2 is 1.92 bits per heavy atom. The van der Waals surface area contributed by atoms with Crippen molar-refractivity contribution in [2.24, 2.45) is 0 Å². The van der Waals surface area contributed by atoms with Gasteiger partial charge in [0.2, 0.25) is 0 Å². The normalized spacial score (nSPS) is 12.2. The SMILES string of the molecule is C=C(OC)C(C)c1ccccc1. The molecule has 0 fully saturated rings. The molecule has 0 aliphatic heterocycles. The largest absolute Gasteiger partial charge is 0.501 e. The summed E-state index contributed by atoms with van der Waals surface area (Å²) in [5, 5.41) is 0. The maximum atomic E-state index is 5.07.